The first-order valence-corrected chi connectivity index (χ1v) is 10.8. The molecule has 1 aromatic carbocycles. The number of aromatic nitrogens is 1. The molecule has 0 bridgehead atoms. The number of hydrogen-bond acceptors (Lipinski definition) is 4. The Bertz CT molecular complexity index is 711. The van der Waals surface area contributed by atoms with Crippen LogP contribution in [0.1, 0.15) is 58.3 Å². The number of rotatable bonds is 13. The molecule has 0 atom stereocenters. The first kappa shape index (κ1) is 21.2. The van der Waals surface area contributed by atoms with E-state index in [2.05, 4.69) is 29.1 Å². The zero-order valence-electron chi connectivity index (χ0n) is 16.3. The van der Waals surface area contributed by atoms with Crippen molar-refractivity contribution in [3.8, 4) is 11.3 Å². The van der Waals surface area contributed by atoms with Crippen molar-refractivity contribution >= 4 is 28.1 Å². The zero-order chi connectivity index (χ0) is 19.3. The molecule has 0 aliphatic carbocycles. The third-order valence-electron chi connectivity index (χ3n) is 4.35. The van der Waals surface area contributed by atoms with Crippen molar-refractivity contribution in [2.45, 2.75) is 58.3 Å². The largest absolute Gasteiger partial charge is 0.358 e. The summed E-state index contributed by atoms with van der Waals surface area (Å²) in [6.45, 7) is 6.62. The molecule has 2 rings (SSSR count). The van der Waals surface area contributed by atoms with E-state index >= 15 is 0 Å². The number of thiazole rings is 1. The molecule has 0 aliphatic rings. The van der Waals surface area contributed by atoms with E-state index in [9.17, 15) is 4.79 Å². The summed E-state index contributed by atoms with van der Waals surface area (Å²) in [7, 11) is 0. The maximum absolute atomic E-state index is 12.2. The smallest absolute Gasteiger partial charge is 0.224 e. The van der Waals surface area contributed by atoms with Crippen molar-refractivity contribution in [3.63, 3.8) is 0 Å². The molecule has 1 amide bonds. The van der Waals surface area contributed by atoms with Gasteiger partial charge in [0.15, 0.2) is 5.13 Å². The van der Waals surface area contributed by atoms with Crippen LogP contribution in [0.15, 0.2) is 42.3 Å². The molecule has 0 fully saturated rings. The van der Waals surface area contributed by atoms with Gasteiger partial charge in [-0.3, -0.25) is 4.79 Å². The Morgan fingerprint density at radius 1 is 1.19 bits per heavy atom. The third kappa shape index (κ3) is 7.95. The quantitative estimate of drug-likeness (QED) is 0.306. The summed E-state index contributed by atoms with van der Waals surface area (Å²) in [6.07, 6.45) is 10.9. The molecule has 0 saturated carbocycles. The van der Waals surface area contributed by atoms with E-state index < -0.39 is 0 Å². The van der Waals surface area contributed by atoms with Crippen LogP contribution in [0.4, 0.5) is 10.8 Å². The third-order valence-corrected chi connectivity index (χ3v) is 5.15. The van der Waals surface area contributed by atoms with Crippen LogP contribution in [0.3, 0.4) is 0 Å². The van der Waals surface area contributed by atoms with Crippen LogP contribution in [0.25, 0.3) is 11.3 Å². The highest BCUT2D eigenvalue weighted by molar-refractivity contribution is 7.14. The fraction of sp³-hybridized carbons (Fsp3) is 0.455. The molecule has 2 N–H and O–H groups in total. The second-order valence-corrected chi connectivity index (χ2v) is 7.57. The monoisotopic (exact) mass is 385 g/mol. The van der Waals surface area contributed by atoms with E-state index in [-0.39, 0.29) is 5.91 Å². The van der Waals surface area contributed by atoms with E-state index in [1.807, 2.05) is 35.7 Å². The van der Waals surface area contributed by atoms with Gasteiger partial charge in [-0.1, -0.05) is 63.7 Å². The lowest BCUT2D eigenvalue weighted by molar-refractivity contribution is -0.116. The number of unbranched alkanes of at least 4 members (excludes halogenated alkanes) is 6. The molecule has 1 heterocycles. The normalized spacial score (nSPS) is 10.6. The summed E-state index contributed by atoms with van der Waals surface area (Å²) in [5, 5.41) is 9.10. The van der Waals surface area contributed by atoms with Gasteiger partial charge < -0.3 is 10.6 Å². The first-order chi connectivity index (χ1) is 13.2. The van der Waals surface area contributed by atoms with Gasteiger partial charge in [-0.25, -0.2) is 4.98 Å². The van der Waals surface area contributed by atoms with Crippen LogP contribution >= 0.6 is 11.3 Å². The molecule has 1 aromatic heterocycles. The summed E-state index contributed by atoms with van der Waals surface area (Å²) in [4.78, 5) is 16.8. The van der Waals surface area contributed by atoms with Crippen LogP contribution in [0.5, 0.6) is 0 Å². The molecule has 0 aliphatic heterocycles. The number of benzene rings is 1. The Morgan fingerprint density at radius 2 is 1.96 bits per heavy atom. The maximum atomic E-state index is 12.2. The van der Waals surface area contributed by atoms with E-state index in [1.165, 1.54) is 32.1 Å². The van der Waals surface area contributed by atoms with Crippen molar-refractivity contribution in [1.29, 1.82) is 0 Å². The lowest BCUT2D eigenvalue weighted by atomic mass is 10.1. The molecule has 4 nitrogen and oxygen atoms in total. The Hall–Kier alpha value is -2.14. The minimum atomic E-state index is 0.0901. The fourth-order valence-corrected chi connectivity index (χ4v) is 3.60. The van der Waals surface area contributed by atoms with Crippen LogP contribution in [0, 0.1) is 0 Å². The second kappa shape index (κ2) is 12.3. The Balaban J connectivity index is 1.78. The number of anilines is 2. The predicted octanol–water partition coefficient (Wildman–Crippen LogP) is 6.49. The van der Waals surface area contributed by atoms with E-state index in [0.29, 0.717) is 13.0 Å². The van der Waals surface area contributed by atoms with E-state index in [4.69, 9.17) is 0 Å². The molecule has 27 heavy (non-hydrogen) atoms. The summed E-state index contributed by atoms with van der Waals surface area (Å²) in [5.74, 6) is 0.0901. The molecular weight excluding hydrogens is 354 g/mol. The summed E-state index contributed by atoms with van der Waals surface area (Å²) < 4.78 is 0. The van der Waals surface area contributed by atoms with Gasteiger partial charge in [0, 0.05) is 29.6 Å². The van der Waals surface area contributed by atoms with Gasteiger partial charge in [0.1, 0.15) is 0 Å². The molecule has 2 aromatic rings. The van der Waals surface area contributed by atoms with Gasteiger partial charge in [0.25, 0.3) is 0 Å². The van der Waals surface area contributed by atoms with Crippen LogP contribution in [-0.2, 0) is 4.79 Å². The minimum Gasteiger partial charge on any atom is -0.358 e. The Morgan fingerprint density at radius 3 is 2.74 bits per heavy atom. The van der Waals surface area contributed by atoms with Crippen LogP contribution in [-0.4, -0.2) is 17.4 Å². The molecule has 0 spiro atoms. The molecule has 0 saturated heterocycles. The summed E-state index contributed by atoms with van der Waals surface area (Å²) in [5.41, 5.74) is 2.75. The minimum absolute atomic E-state index is 0.0901. The SMILES string of the molecule is C=CCNc1nc(-c2cccc(NC(=O)CCCCCCCCC)c2)cs1. The van der Waals surface area contributed by atoms with Crippen molar-refractivity contribution in [3.05, 3.63) is 42.3 Å². The van der Waals surface area contributed by atoms with Gasteiger partial charge in [-0.15, -0.1) is 17.9 Å². The Kier molecular flexibility index (Phi) is 9.63. The number of nitrogens with one attached hydrogen (secondary N) is 2. The van der Waals surface area contributed by atoms with E-state index in [0.717, 1.165) is 34.9 Å². The fourth-order valence-electron chi connectivity index (χ4n) is 2.87. The number of carbonyl (C=O) groups excluding carboxylic acids is 1. The number of hydrogen-bond donors (Lipinski definition) is 2. The van der Waals surface area contributed by atoms with Crippen molar-refractivity contribution in [1.82, 2.24) is 4.98 Å². The van der Waals surface area contributed by atoms with E-state index in [1.54, 1.807) is 11.3 Å². The zero-order valence-corrected chi connectivity index (χ0v) is 17.1. The molecule has 0 radical (unpaired) electrons. The van der Waals surface area contributed by atoms with Gasteiger partial charge >= 0.3 is 0 Å². The van der Waals surface area contributed by atoms with Gasteiger partial charge in [0.05, 0.1) is 5.69 Å². The van der Waals surface area contributed by atoms with Crippen molar-refractivity contribution < 1.29 is 4.79 Å². The second-order valence-electron chi connectivity index (χ2n) is 6.71. The van der Waals surface area contributed by atoms with Gasteiger partial charge in [-0.05, 0) is 18.6 Å². The summed E-state index contributed by atoms with van der Waals surface area (Å²) in [6, 6.07) is 7.87. The molecule has 0 unspecified atom stereocenters. The molecular formula is C22H31N3OS. The van der Waals surface area contributed by atoms with Crippen molar-refractivity contribution in [2.75, 3.05) is 17.2 Å². The summed E-state index contributed by atoms with van der Waals surface area (Å²) >= 11 is 1.57. The first-order valence-electron chi connectivity index (χ1n) is 9.93. The van der Waals surface area contributed by atoms with Crippen LogP contribution in [0.2, 0.25) is 0 Å². The number of carbonyl (C=O) groups is 1. The highest BCUT2D eigenvalue weighted by Crippen LogP contribution is 2.26. The van der Waals surface area contributed by atoms with Crippen molar-refractivity contribution in [2.24, 2.45) is 0 Å². The van der Waals surface area contributed by atoms with Gasteiger partial charge in [0.2, 0.25) is 5.91 Å². The highest BCUT2D eigenvalue weighted by Gasteiger charge is 2.07. The molecule has 146 valence electrons. The number of nitrogens with zero attached hydrogens (tertiary/aromatic N) is 1. The Labute approximate surface area is 167 Å². The van der Waals surface area contributed by atoms with Crippen LogP contribution < -0.4 is 10.6 Å². The standard InChI is InChI=1S/C22H31N3OS/c1-3-5-6-7-8-9-10-14-21(26)24-19-13-11-12-18(16-19)20-17-27-22(25-20)23-15-4-2/h4,11-13,16-17H,2-3,5-10,14-15H2,1H3,(H,23,25)(H,24,26). The highest BCUT2D eigenvalue weighted by atomic mass is 32.1. The topological polar surface area (TPSA) is 54.0 Å². The average Bonchev–Trinajstić information content (AvgIpc) is 3.15. The lowest BCUT2D eigenvalue weighted by Gasteiger charge is -2.07. The maximum Gasteiger partial charge on any atom is 0.224 e. The lowest BCUT2D eigenvalue weighted by Crippen LogP contribution is -2.11. The van der Waals surface area contributed by atoms with Gasteiger partial charge in [-0.2, -0.15) is 0 Å². The molecule has 5 heteroatoms. The predicted molar refractivity (Wildman–Crippen MR) is 117 cm³/mol. The number of amides is 1. The average molecular weight is 386 g/mol.